The second kappa shape index (κ2) is 19.6. The van der Waals surface area contributed by atoms with Crippen molar-refractivity contribution in [3.63, 3.8) is 0 Å². The van der Waals surface area contributed by atoms with Crippen LogP contribution in [0.4, 0.5) is 5.69 Å². The van der Waals surface area contributed by atoms with Gasteiger partial charge in [0.2, 0.25) is 0 Å². The van der Waals surface area contributed by atoms with Gasteiger partial charge in [-0.1, -0.05) is 18.0 Å². The summed E-state index contributed by atoms with van der Waals surface area (Å²) in [7, 11) is 2.41. The van der Waals surface area contributed by atoms with Crippen LogP contribution in [-0.4, -0.2) is 49.2 Å². The minimum absolute atomic E-state index is 0.504. The van der Waals surface area contributed by atoms with E-state index in [9.17, 15) is 4.21 Å². The van der Waals surface area contributed by atoms with Gasteiger partial charge >= 0.3 is 0 Å². The Hall–Kier alpha value is -4.42. The second-order valence-corrected chi connectivity index (χ2v) is 11.2. The van der Waals surface area contributed by atoms with Crippen molar-refractivity contribution in [2.75, 3.05) is 25.2 Å². The van der Waals surface area contributed by atoms with E-state index in [1.165, 1.54) is 28.9 Å². The first kappa shape index (κ1) is 35.6. The monoisotopic (exact) mass is 619 g/mol. The third-order valence-corrected chi connectivity index (χ3v) is 8.89. The molecule has 0 amide bonds. The van der Waals surface area contributed by atoms with Crippen molar-refractivity contribution in [2.24, 2.45) is 12.0 Å². The van der Waals surface area contributed by atoms with Gasteiger partial charge in [-0.25, -0.2) is 20.4 Å². The van der Waals surface area contributed by atoms with Gasteiger partial charge in [0.1, 0.15) is 25.6 Å². The Morgan fingerprint density at radius 1 is 1.26 bits per heavy atom. The van der Waals surface area contributed by atoms with Crippen molar-refractivity contribution >= 4 is 55.4 Å². The molecule has 0 aliphatic carbocycles. The minimum atomic E-state index is -1.20. The van der Waals surface area contributed by atoms with E-state index in [1.54, 1.807) is 19.3 Å². The highest BCUT2D eigenvalue weighted by Gasteiger charge is 2.22. The number of aryl methyl sites for hydroxylation is 1. The van der Waals surface area contributed by atoms with E-state index in [0.29, 0.717) is 28.7 Å². The average molecular weight is 620 g/mol. The highest BCUT2D eigenvalue weighted by atomic mass is 32.2. The van der Waals surface area contributed by atoms with E-state index in [0.717, 1.165) is 38.0 Å². The fraction of sp³-hybridized carbons (Fsp3) is 0.200. The molecule has 0 saturated carbocycles. The molecule has 4 heterocycles. The van der Waals surface area contributed by atoms with Crippen LogP contribution < -0.4 is 5.73 Å². The number of fused-ring (bicyclic) bond motifs is 1. The van der Waals surface area contributed by atoms with Crippen molar-refractivity contribution in [1.29, 1.82) is 5.41 Å². The Kier molecular flexibility index (Phi) is 16.6. The summed E-state index contributed by atoms with van der Waals surface area (Å²) in [6, 6.07) is 3.78. The molecule has 4 rings (SSSR count). The molecule has 0 aliphatic rings. The number of imidazole rings is 1. The molecular formula is C30H33N7O2S3. The van der Waals surface area contributed by atoms with Crippen molar-refractivity contribution in [3.8, 4) is 22.0 Å². The summed E-state index contributed by atoms with van der Waals surface area (Å²) >= 11 is 2.93. The lowest BCUT2D eigenvalue weighted by Gasteiger charge is -2.08. The first-order valence-corrected chi connectivity index (χ1v) is 15.1. The summed E-state index contributed by atoms with van der Waals surface area (Å²) < 4.78 is 20.6. The van der Waals surface area contributed by atoms with Crippen molar-refractivity contribution in [1.82, 2.24) is 19.5 Å². The number of rotatable bonds is 8. The molecule has 0 spiro atoms. The number of ether oxygens (including phenoxy) is 1. The molecule has 4 aromatic rings. The first-order valence-electron chi connectivity index (χ1n) is 12.1. The molecule has 0 bridgehead atoms. The zero-order valence-corrected chi connectivity index (χ0v) is 26.3. The van der Waals surface area contributed by atoms with E-state index in [2.05, 4.69) is 70.8 Å². The Balaban J connectivity index is 0.000000574. The predicted octanol–water partition coefficient (Wildman–Crippen LogP) is 6.96. The molecule has 1 unspecified atom stereocenters. The zero-order chi connectivity index (χ0) is 31.5. The fourth-order valence-electron chi connectivity index (χ4n) is 3.25. The quantitative estimate of drug-likeness (QED) is 0.0948. The molecule has 0 aliphatic heterocycles. The highest BCUT2D eigenvalue weighted by Crippen LogP contribution is 2.43. The van der Waals surface area contributed by atoms with Crippen LogP contribution in [0.25, 0.3) is 32.2 Å². The first-order chi connectivity index (χ1) is 20.3. The number of nitrogens with two attached hydrogens (primary N) is 1. The number of anilines is 1. The normalized spacial score (nSPS) is 9.88. The Morgan fingerprint density at radius 3 is 2.45 bits per heavy atom. The maximum absolute atomic E-state index is 12.9. The van der Waals surface area contributed by atoms with Gasteiger partial charge in [0, 0.05) is 49.0 Å². The number of methoxy groups -OCH3 is 1. The summed E-state index contributed by atoms with van der Waals surface area (Å²) in [5.41, 5.74) is 19.1. The Morgan fingerprint density at radius 2 is 1.98 bits per heavy atom. The molecule has 0 saturated heterocycles. The third kappa shape index (κ3) is 9.89. The van der Waals surface area contributed by atoms with E-state index < -0.39 is 10.8 Å². The summed E-state index contributed by atoms with van der Waals surface area (Å²) in [4.78, 5) is 17.6. The topological polar surface area (TPSA) is 132 Å². The van der Waals surface area contributed by atoms with Crippen LogP contribution in [0.3, 0.4) is 0 Å². The summed E-state index contributed by atoms with van der Waals surface area (Å²) in [5, 5.41) is 9.78. The van der Waals surface area contributed by atoms with E-state index >= 15 is 0 Å². The number of thiazole rings is 1. The van der Waals surface area contributed by atoms with Gasteiger partial charge in [-0.05, 0) is 38.3 Å². The lowest BCUT2D eigenvalue weighted by atomic mass is 10.1. The molecule has 12 heteroatoms. The number of hydrogen-bond donors (Lipinski definition) is 2. The van der Waals surface area contributed by atoms with Gasteiger partial charge in [0.05, 0.1) is 40.6 Å². The minimum Gasteiger partial charge on any atom is -0.396 e. The van der Waals surface area contributed by atoms with Crippen LogP contribution >= 0.6 is 22.7 Å². The lowest BCUT2D eigenvalue weighted by molar-refractivity contribution is 0.200. The van der Waals surface area contributed by atoms with Crippen LogP contribution in [0.2, 0.25) is 0 Å². The Labute approximate surface area is 256 Å². The largest absolute Gasteiger partial charge is 0.396 e. The third-order valence-electron chi connectivity index (χ3n) is 5.09. The van der Waals surface area contributed by atoms with Gasteiger partial charge < -0.3 is 15.0 Å². The molecule has 9 nitrogen and oxygen atoms in total. The van der Waals surface area contributed by atoms with Crippen molar-refractivity contribution in [2.45, 2.75) is 17.6 Å². The SMILES string of the molecule is C=C.C=C=C=C=C.C=C=CN=C=N.COCCCS(=O)c1sc2nc(-c3nccs3)cc(-c3cnc(C)n3C)c2c1N. The lowest BCUT2D eigenvalue weighted by Crippen LogP contribution is -2.02. The number of pyridine rings is 1. The number of hydrogen-bond acceptors (Lipinski definition) is 10. The van der Waals surface area contributed by atoms with E-state index in [1.807, 2.05) is 36.2 Å². The highest BCUT2D eigenvalue weighted by molar-refractivity contribution is 7.87. The number of aliphatic imine (C=N–C) groups is 1. The van der Waals surface area contributed by atoms with Crippen LogP contribution in [0.15, 0.2) is 95.1 Å². The molecule has 0 radical (unpaired) electrons. The Bertz CT molecular complexity index is 1660. The number of nitrogens with zero attached hydrogens (tertiary/aromatic N) is 5. The molecule has 0 fully saturated rings. The standard InChI is InChI=1S/C19H21N5O2S3.C5H4.C4H4N2.C2H4/c1-11-22-10-14(24(11)2)12-9-13(17-21-5-7-27-17)23-18-15(12)16(20)19(28-18)29(25)8-4-6-26-3;1-3-5-4-2;1-2-3-6-4-5;1-2/h5,7,9-10H,4,6,8,20H2,1-3H3;1-2H2;3,5H,1H2;1-2H2. The fourth-order valence-corrected chi connectivity index (χ4v) is 6.47. The van der Waals surface area contributed by atoms with Gasteiger partial charge in [0.15, 0.2) is 0 Å². The van der Waals surface area contributed by atoms with Crippen LogP contribution in [0.1, 0.15) is 12.2 Å². The van der Waals surface area contributed by atoms with Gasteiger partial charge in [-0.2, -0.15) is 4.99 Å². The summed E-state index contributed by atoms with van der Waals surface area (Å²) in [6.45, 7) is 18.2. The molecule has 42 heavy (non-hydrogen) atoms. The van der Waals surface area contributed by atoms with Gasteiger partial charge in [-0.15, -0.1) is 41.6 Å². The predicted molar refractivity (Wildman–Crippen MR) is 177 cm³/mol. The van der Waals surface area contributed by atoms with Crippen LogP contribution in [0.5, 0.6) is 0 Å². The van der Waals surface area contributed by atoms with Gasteiger partial charge in [-0.3, -0.25) is 4.21 Å². The van der Waals surface area contributed by atoms with E-state index in [-0.39, 0.29) is 0 Å². The average Bonchev–Trinajstić information content (AvgIpc) is 3.74. The molecule has 3 N–H and O–H groups in total. The summed E-state index contributed by atoms with van der Waals surface area (Å²) in [5.74, 6) is 1.41. The van der Waals surface area contributed by atoms with Crippen LogP contribution in [0, 0.1) is 12.3 Å². The summed E-state index contributed by atoms with van der Waals surface area (Å²) in [6.07, 6.45) is 5.58. The van der Waals surface area contributed by atoms with Crippen LogP contribution in [-0.2, 0) is 22.6 Å². The van der Waals surface area contributed by atoms with E-state index in [4.69, 9.17) is 20.9 Å². The number of aromatic nitrogens is 4. The molecule has 218 valence electrons. The maximum Gasteiger partial charge on any atom is 0.141 e. The molecule has 1 atom stereocenters. The molecular weight excluding hydrogens is 587 g/mol. The maximum atomic E-state index is 12.9. The zero-order valence-electron chi connectivity index (χ0n) is 23.9. The number of thiophene rings is 1. The molecule has 4 aromatic heterocycles. The number of nitrogens with one attached hydrogen (secondary N) is 1. The second-order valence-electron chi connectivity index (χ2n) is 7.57. The van der Waals surface area contributed by atoms with Crippen molar-refractivity contribution in [3.05, 3.63) is 91.7 Å². The smallest absolute Gasteiger partial charge is 0.141 e. The van der Waals surface area contributed by atoms with Crippen molar-refractivity contribution < 1.29 is 8.95 Å². The number of nitrogen functional groups attached to an aromatic ring is 1. The van der Waals surface area contributed by atoms with Gasteiger partial charge in [0.25, 0.3) is 0 Å². The molecule has 0 aromatic carbocycles.